The minimum absolute atomic E-state index is 0.0389. The van der Waals surface area contributed by atoms with Crippen molar-refractivity contribution in [2.24, 2.45) is 5.92 Å². The number of nitrogens with one attached hydrogen (secondary N) is 2. The molecular formula is C21H19ClN4O2. The number of carbonyl (C=O) groups is 2. The number of benzene rings is 2. The zero-order valence-corrected chi connectivity index (χ0v) is 15.8. The number of rotatable bonds is 6. The smallest absolute Gasteiger partial charge is 0.272 e. The highest BCUT2D eigenvalue weighted by Crippen LogP contribution is 2.30. The third-order valence-electron chi connectivity index (χ3n) is 4.48. The second-order valence-corrected chi connectivity index (χ2v) is 7.17. The summed E-state index contributed by atoms with van der Waals surface area (Å²) < 4.78 is 1.58. The lowest BCUT2D eigenvalue weighted by Gasteiger charge is -2.08. The number of anilines is 1. The first-order chi connectivity index (χ1) is 13.6. The molecular weight excluding hydrogens is 376 g/mol. The predicted octanol–water partition coefficient (Wildman–Crippen LogP) is 3.80. The Kier molecular flexibility index (Phi) is 5.12. The SMILES string of the molecule is O=C(NCc1cccc(Cl)c1)c1cc(NC(=O)C2CC2)n(-c2ccccc2)n1. The molecule has 1 aliphatic rings. The predicted molar refractivity (Wildman–Crippen MR) is 108 cm³/mol. The Bertz CT molecular complexity index is 1010. The molecule has 2 amide bonds. The van der Waals surface area contributed by atoms with E-state index < -0.39 is 0 Å². The van der Waals surface area contributed by atoms with Gasteiger partial charge in [-0.3, -0.25) is 9.59 Å². The van der Waals surface area contributed by atoms with Crippen molar-refractivity contribution in [3.63, 3.8) is 0 Å². The fourth-order valence-electron chi connectivity index (χ4n) is 2.84. The van der Waals surface area contributed by atoms with Crippen molar-refractivity contribution in [3.05, 3.63) is 76.9 Å². The van der Waals surface area contributed by atoms with Crippen LogP contribution in [0.3, 0.4) is 0 Å². The van der Waals surface area contributed by atoms with Gasteiger partial charge in [0.15, 0.2) is 5.69 Å². The average molecular weight is 395 g/mol. The molecule has 1 aromatic heterocycles. The van der Waals surface area contributed by atoms with Gasteiger partial charge in [0, 0.05) is 23.6 Å². The highest BCUT2D eigenvalue weighted by atomic mass is 35.5. The zero-order valence-electron chi connectivity index (χ0n) is 15.1. The van der Waals surface area contributed by atoms with E-state index in [4.69, 9.17) is 11.6 Å². The van der Waals surface area contributed by atoms with E-state index in [2.05, 4.69) is 15.7 Å². The molecule has 28 heavy (non-hydrogen) atoms. The second kappa shape index (κ2) is 7.86. The van der Waals surface area contributed by atoms with Gasteiger partial charge in [0.05, 0.1) is 5.69 Å². The summed E-state index contributed by atoms with van der Waals surface area (Å²) in [7, 11) is 0. The topological polar surface area (TPSA) is 76.0 Å². The lowest BCUT2D eigenvalue weighted by Crippen LogP contribution is -2.23. The van der Waals surface area contributed by atoms with E-state index in [9.17, 15) is 9.59 Å². The van der Waals surface area contributed by atoms with Crippen molar-refractivity contribution in [1.82, 2.24) is 15.1 Å². The van der Waals surface area contributed by atoms with Crippen LogP contribution < -0.4 is 10.6 Å². The van der Waals surface area contributed by atoms with Crippen molar-refractivity contribution in [3.8, 4) is 5.69 Å². The molecule has 142 valence electrons. The Morgan fingerprint density at radius 2 is 1.86 bits per heavy atom. The fraction of sp³-hybridized carbons (Fsp3) is 0.190. The zero-order chi connectivity index (χ0) is 19.5. The Hall–Kier alpha value is -3.12. The van der Waals surface area contributed by atoms with Crippen LogP contribution in [0, 0.1) is 5.92 Å². The number of halogens is 1. The summed E-state index contributed by atoms with van der Waals surface area (Å²) in [5.74, 6) is 0.176. The van der Waals surface area contributed by atoms with Gasteiger partial charge < -0.3 is 10.6 Å². The molecule has 6 nitrogen and oxygen atoms in total. The Labute approximate surface area is 167 Å². The van der Waals surface area contributed by atoms with E-state index >= 15 is 0 Å². The first-order valence-corrected chi connectivity index (χ1v) is 9.47. The van der Waals surface area contributed by atoms with Crippen LogP contribution >= 0.6 is 11.6 Å². The minimum atomic E-state index is -0.323. The van der Waals surface area contributed by atoms with Gasteiger partial charge in [0.1, 0.15) is 5.82 Å². The fourth-order valence-corrected chi connectivity index (χ4v) is 3.05. The molecule has 1 aliphatic carbocycles. The molecule has 0 saturated heterocycles. The van der Waals surface area contributed by atoms with E-state index in [1.165, 1.54) is 0 Å². The van der Waals surface area contributed by atoms with Crippen LogP contribution in [0.4, 0.5) is 5.82 Å². The van der Waals surface area contributed by atoms with Gasteiger partial charge in [-0.15, -0.1) is 0 Å². The first-order valence-electron chi connectivity index (χ1n) is 9.09. The lowest BCUT2D eigenvalue weighted by atomic mass is 10.2. The van der Waals surface area contributed by atoms with Crippen LogP contribution in [-0.2, 0) is 11.3 Å². The molecule has 1 heterocycles. The summed E-state index contributed by atoms with van der Waals surface area (Å²) in [5.41, 5.74) is 1.89. The second-order valence-electron chi connectivity index (χ2n) is 6.74. The van der Waals surface area contributed by atoms with E-state index in [0.717, 1.165) is 24.1 Å². The molecule has 1 fully saturated rings. The molecule has 0 atom stereocenters. The average Bonchev–Trinajstić information content (AvgIpc) is 3.48. The summed E-state index contributed by atoms with van der Waals surface area (Å²) in [6, 6.07) is 18.3. The first kappa shape index (κ1) is 18.3. The molecule has 7 heteroatoms. The normalized spacial score (nSPS) is 13.2. The van der Waals surface area contributed by atoms with E-state index in [-0.39, 0.29) is 23.4 Å². The monoisotopic (exact) mass is 394 g/mol. The van der Waals surface area contributed by atoms with E-state index in [0.29, 0.717) is 17.4 Å². The molecule has 0 unspecified atom stereocenters. The van der Waals surface area contributed by atoms with Crippen LogP contribution in [0.2, 0.25) is 5.02 Å². The highest BCUT2D eigenvalue weighted by molar-refractivity contribution is 6.30. The third-order valence-corrected chi connectivity index (χ3v) is 4.72. The van der Waals surface area contributed by atoms with Gasteiger partial charge in [-0.25, -0.2) is 4.68 Å². The Balaban J connectivity index is 1.55. The van der Waals surface area contributed by atoms with Crippen molar-refractivity contribution < 1.29 is 9.59 Å². The maximum absolute atomic E-state index is 12.6. The molecule has 4 rings (SSSR count). The molecule has 1 saturated carbocycles. The van der Waals surface area contributed by atoms with Gasteiger partial charge in [0.2, 0.25) is 5.91 Å². The van der Waals surface area contributed by atoms with E-state index in [1.54, 1.807) is 22.9 Å². The van der Waals surface area contributed by atoms with Gasteiger partial charge in [0.25, 0.3) is 5.91 Å². The number of carbonyl (C=O) groups excluding carboxylic acids is 2. The molecule has 3 aromatic rings. The standard InChI is InChI=1S/C21H19ClN4O2/c22-16-6-4-5-14(11-16)13-23-21(28)18-12-19(24-20(27)15-9-10-15)26(25-18)17-7-2-1-3-8-17/h1-8,11-12,15H,9-10,13H2,(H,23,28)(H,24,27). The van der Waals surface area contributed by atoms with Crippen LogP contribution in [0.1, 0.15) is 28.9 Å². The maximum Gasteiger partial charge on any atom is 0.272 e. The number of amides is 2. The van der Waals surface area contributed by atoms with Crippen molar-refractivity contribution in [1.29, 1.82) is 0 Å². The van der Waals surface area contributed by atoms with Crippen molar-refractivity contribution in [2.75, 3.05) is 5.32 Å². The molecule has 0 aliphatic heterocycles. The largest absolute Gasteiger partial charge is 0.347 e. The van der Waals surface area contributed by atoms with Crippen LogP contribution in [-0.4, -0.2) is 21.6 Å². The number of nitrogens with zero attached hydrogens (tertiary/aromatic N) is 2. The van der Waals surface area contributed by atoms with Gasteiger partial charge in [-0.2, -0.15) is 5.10 Å². The van der Waals surface area contributed by atoms with Gasteiger partial charge in [-0.1, -0.05) is 41.9 Å². The maximum atomic E-state index is 12.6. The molecule has 0 radical (unpaired) electrons. The summed E-state index contributed by atoms with van der Waals surface area (Å²) in [6.45, 7) is 0.335. The quantitative estimate of drug-likeness (QED) is 0.667. The number of hydrogen-bond donors (Lipinski definition) is 2. The summed E-state index contributed by atoms with van der Waals surface area (Å²) in [4.78, 5) is 24.8. The third kappa shape index (κ3) is 4.23. The Morgan fingerprint density at radius 1 is 1.07 bits per heavy atom. The van der Waals surface area contributed by atoms with E-state index in [1.807, 2.05) is 42.5 Å². The van der Waals surface area contributed by atoms with Gasteiger partial charge in [-0.05, 0) is 42.7 Å². The molecule has 2 aromatic carbocycles. The summed E-state index contributed by atoms with van der Waals surface area (Å²) in [5, 5.41) is 10.8. The summed E-state index contributed by atoms with van der Waals surface area (Å²) in [6.07, 6.45) is 1.80. The molecule has 0 bridgehead atoms. The number of para-hydroxylation sites is 1. The van der Waals surface area contributed by atoms with Gasteiger partial charge >= 0.3 is 0 Å². The Morgan fingerprint density at radius 3 is 2.57 bits per heavy atom. The van der Waals surface area contributed by atoms with Crippen LogP contribution in [0.15, 0.2) is 60.7 Å². The minimum Gasteiger partial charge on any atom is -0.347 e. The van der Waals surface area contributed by atoms with Crippen LogP contribution in [0.5, 0.6) is 0 Å². The number of aromatic nitrogens is 2. The van der Waals surface area contributed by atoms with Crippen molar-refractivity contribution in [2.45, 2.75) is 19.4 Å². The highest BCUT2D eigenvalue weighted by Gasteiger charge is 2.30. The lowest BCUT2D eigenvalue weighted by molar-refractivity contribution is -0.117. The molecule has 0 spiro atoms. The van der Waals surface area contributed by atoms with Crippen molar-refractivity contribution >= 4 is 29.2 Å². The van der Waals surface area contributed by atoms with Crippen LogP contribution in [0.25, 0.3) is 5.69 Å². The number of hydrogen-bond acceptors (Lipinski definition) is 3. The summed E-state index contributed by atoms with van der Waals surface area (Å²) >= 11 is 5.98. The molecule has 2 N–H and O–H groups in total.